The average molecular weight is 475 g/mol. The molecule has 4 rings (SSSR count). The van der Waals surface area contributed by atoms with Crippen LogP contribution in [0.25, 0.3) is 10.9 Å². The van der Waals surface area contributed by atoms with Crippen LogP contribution < -0.4 is 5.32 Å². The Morgan fingerprint density at radius 1 is 0.972 bits per heavy atom. The van der Waals surface area contributed by atoms with E-state index in [0.717, 1.165) is 28.7 Å². The van der Waals surface area contributed by atoms with E-state index in [1.165, 1.54) is 0 Å². The Labute approximate surface area is 210 Å². The first-order valence-electron chi connectivity index (χ1n) is 11.7. The number of amides is 2. The molecule has 0 aliphatic carbocycles. The quantitative estimate of drug-likeness (QED) is 0.415. The van der Waals surface area contributed by atoms with Gasteiger partial charge in [0.2, 0.25) is 0 Å². The van der Waals surface area contributed by atoms with E-state index < -0.39 is 0 Å². The summed E-state index contributed by atoms with van der Waals surface area (Å²) >= 11 is 0. The number of carbonyl (C=O) groups is 2. The maximum atomic E-state index is 12.8. The predicted octanol–water partition coefficient (Wildman–Crippen LogP) is 4.59. The number of carbonyl (C=O) groups excluding carboxylic acids is 2. The number of hydrogen-bond acceptors (Lipinski definition) is 3. The van der Waals surface area contributed by atoms with Crippen molar-refractivity contribution in [1.29, 1.82) is 5.26 Å². The summed E-state index contributed by atoms with van der Waals surface area (Å²) in [7, 11) is 1.77. The molecule has 0 atom stereocenters. The Bertz CT molecular complexity index is 1500. The zero-order valence-electron chi connectivity index (χ0n) is 20.3. The molecule has 0 bridgehead atoms. The van der Waals surface area contributed by atoms with Crippen molar-refractivity contribution in [3.05, 3.63) is 107 Å². The van der Waals surface area contributed by atoms with E-state index in [4.69, 9.17) is 5.26 Å². The molecule has 4 aromatic rings. The SMILES string of the molecule is CCn1c(C#CCNC(=O)c2ccccc2)cc2cc(CN(C)C(=O)c3ccc(C#N)cc3)ccc21. The van der Waals surface area contributed by atoms with Crippen molar-refractivity contribution < 1.29 is 9.59 Å². The third-order valence-corrected chi connectivity index (χ3v) is 5.90. The summed E-state index contributed by atoms with van der Waals surface area (Å²) in [5.41, 5.74) is 4.64. The van der Waals surface area contributed by atoms with Crippen LogP contribution in [0.3, 0.4) is 0 Å². The molecule has 0 spiro atoms. The molecule has 0 saturated heterocycles. The molecular formula is C30H26N4O2. The number of nitriles is 1. The molecule has 1 heterocycles. The van der Waals surface area contributed by atoms with E-state index >= 15 is 0 Å². The molecule has 0 fully saturated rings. The summed E-state index contributed by atoms with van der Waals surface area (Å²) in [6.07, 6.45) is 0. The molecule has 0 saturated carbocycles. The maximum Gasteiger partial charge on any atom is 0.253 e. The first kappa shape index (κ1) is 24.3. The third kappa shape index (κ3) is 5.46. The molecule has 6 nitrogen and oxygen atoms in total. The Morgan fingerprint density at radius 2 is 1.72 bits per heavy atom. The van der Waals surface area contributed by atoms with Crippen molar-refractivity contribution in [1.82, 2.24) is 14.8 Å². The van der Waals surface area contributed by atoms with Gasteiger partial charge in [-0.05, 0) is 73.0 Å². The predicted molar refractivity (Wildman–Crippen MR) is 140 cm³/mol. The van der Waals surface area contributed by atoms with Gasteiger partial charge in [0.05, 0.1) is 23.9 Å². The topological polar surface area (TPSA) is 78.1 Å². The van der Waals surface area contributed by atoms with Crippen molar-refractivity contribution in [3.8, 4) is 17.9 Å². The molecule has 0 radical (unpaired) electrons. The largest absolute Gasteiger partial charge is 0.341 e. The van der Waals surface area contributed by atoms with Crippen molar-refractivity contribution in [2.75, 3.05) is 13.6 Å². The lowest BCUT2D eigenvalue weighted by Crippen LogP contribution is -2.26. The number of hydrogen-bond donors (Lipinski definition) is 1. The molecular weight excluding hydrogens is 448 g/mol. The summed E-state index contributed by atoms with van der Waals surface area (Å²) in [6.45, 7) is 3.55. The Balaban J connectivity index is 1.46. The molecule has 178 valence electrons. The first-order valence-corrected chi connectivity index (χ1v) is 11.7. The minimum absolute atomic E-state index is 0.102. The molecule has 3 aromatic carbocycles. The smallest absolute Gasteiger partial charge is 0.253 e. The first-order chi connectivity index (χ1) is 17.5. The summed E-state index contributed by atoms with van der Waals surface area (Å²) in [6, 6.07) is 26.0. The van der Waals surface area contributed by atoms with Crippen molar-refractivity contribution in [2.45, 2.75) is 20.0 Å². The second-order valence-electron chi connectivity index (χ2n) is 8.37. The van der Waals surface area contributed by atoms with E-state index in [9.17, 15) is 9.59 Å². The highest BCUT2D eigenvalue weighted by atomic mass is 16.2. The van der Waals surface area contributed by atoms with Crippen LogP contribution >= 0.6 is 0 Å². The molecule has 0 unspecified atom stereocenters. The van der Waals surface area contributed by atoms with Gasteiger partial charge >= 0.3 is 0 Å². The Morgan fingerprint density at radius 3 is 2.42 bits per heavy atom. The van der Waals surface area contributed by atoms with Gasteiger partial charge < -0.3 is 14.8 Å². The zero-order valence-corrected chi connectivity index (χ0v) is 20.3. The van der Waals surface area contributed by atoms with Gasteiger partial charge in [0.25, 0.3) is 11.8 Å². The van der Waals surface area contributed by atoms with Crippen LogP contribution in [0.2, 0.25) is 0 Å². The second kappa shape index (κ2) is 11.1. The molecule has 0 aliphatic heterocycles. The third-order valence-electron chi connectivity index (χ3n) is 5.90. The fourth-order valence-electron chi connectivity index (χ4n) is 4.07. The average Bonchev–Trinajstić information content (AvgIpc) is 3.27. The minimum Gasteiger partial charge on any atom is -0.341 e. The van der Waals surface area contributed by atoms with Gasteiger partial charge in [0, 0.05) is 42.2 Å². The van der Waals surface area contributed by atoms with Gasteiger partial charge in [0.1, 0.15) is 0 Å². The Kier molecular flexibility index (Phi) is 7.48. The van der Waals surface area contributed by atoms with Gasteiger partial charge in [-0.15, -0.1) is 0 Å². The Hall–Kier alpha value is -4.81. The lowest BCUT2D eigenvalue weighted by molar-refractivity contribution is 0.0785. The fraction of sp³-hybridized carbons (Fsp3) is 0.167. The molecule has 36 heavy (non-hydrogen) atoms. The van der Waals surface area contributed by atoms with Gasteiger partial charge in [0.15, 0.2) is 0 Å². The van der Waals surface area contributed by atoms with Crippen LogP contribution in [0.15, 0.2) is 78.9 Å². The molecule has 1 aromatic heterocycles. The summed E-state index contributed by atoms with van der Waals surface area (Å²) in [5.74, 6) is 5.98. The number of nitrogens with zero attached hydrogens (tertiary/aromatic N) is 3. The highest BCUT2D eigenvalue weighted by Crippen LogP contribution is 2.22. The van der Waals surface area contributed by atoms with Gasteiger partial charge in [-0.25, -0.2) is 0 Å². The molecule has 1 N–H and O–H groups in total. The number of benzene rings is 3. The number of aromatic nitrogens is 1. The zero-order chi connectivity index (χ0) is 25.5. The fourth-order valence-corrected chi connectivity index (χ4v) is 4.07. The number of fused-ring (bicyclic) bond motifs is 1. The normalized spacial score (nSPS) is 10.2. The van der Waals surface area contributed by atoms with Crippen LogP contribution in [-0.2, 0) is 13.1 Å². The lowest BCUT2D eigenvalue weighted by Gasteiger charge is -2.17. The summed E-state index contributed by atoms with van der Waals surface area (Å²) in [4.78, 5) is 26.6. The van der Waals surface area contributed by atoms with Crippen molar-refractivity contribution >= 4 is 22.7 Å². The van der Waals surface area contributed by atoms with E-state index in [1.807, 2.05) is 30.3 Å². The van der Waals surface area contributed by atoms with Crippen molar-refractivity contribution in [3.63, 3.8) is 0 Å². The van der Waals surface area contributed by atoms with Crippen LogP contribution in [0.1, 0.15) is 44.5 Å². The van der Waals surface area contributed by atoms with Crippen molar-refractivity contribution in [2.24, 2.45) is 0 Å². The van der Waals surface area contributed by atoms with E-state index in [-0.39, 0.29) is 18.4 Å². The number of rotatable bonds is 6. The van der Waals surface area contributed by atoms with E-state index in [2.05, 4.69) is 46.9 Å². The highest BCUT2D eigenvalue weighted by Gasteiger charge is 2.13. The maximum absolute atomic E-state index is 12.8. The van der Waals surface area contributed by atoms with Crippen LogP contribution in [0, 0.1) is 23.2 Å². The van der Waals surface area contributed by atoms with E-state index in [1.54, 1.807) is 48.3 Å². The molecule has 0 aliphatic rings. The lowest BCUT2D eigenvalue weighted by atomic mass is 10.1. The van der Waals surface area contributed by atoms with Crippen LogP contribution in [0.5, 0.6) is 0 Å². The number of nitrogens with one attached hydrogen (secondary N) is 1. The van der Waals surface area contributed by atoms with Crippen LogP contribution in [-0.4, -0.2) is 34.9 Å². The molecule has 6 heteroatoms. The molecule has 2 amide bonds. The van der Waals surface area contributed by atoms with Gasteiger partial charge in [-0.1, -0.05) is 30.2 Å². The summed E-state index contributed by atoms with van der Waals surface area (Å²) < 4.78 is 2.14. The van der Waals surface area contributed by atoms with Gasteiger partial charge in [-0.2, -0.15) is 5.26 Å². The summed E-state index contributed by atoms with van der Waals surface area (Å²) in [5, 5.41) is 12.8. The van der Waals surface area contributed by atoms with E-state index in [0.29, 0.717) is 23.2 Å². The highest BCUT2D eigenvalue weighted by molar-refractivity contribution is 5.94. The monoisotopic (exact) mass is 474 g/mol. The van der Waals surface area contributed by atoms with Gasteiger partial charge in [-0.3, -0.25) is 9.59 Å². The number of aryl methyl sites for hydroxylation is 1. The second-order valence-corrected chi connectivity index (χ2v) is 8.37. The minimum atomic E-state index is -0.148. The van der Waals surface area contributed by atoms with Crippen LogP contribution in [0.4, 0.5) is 0 Å². The standard InChI is InChI=1S/C30H26N4O2/c1-3-34-27(10-7-17-32-29(35)24-8-5-4-6-9-24)19-26-18-23(13-16-28(26)34)21-33(2)30(36)25-14-11-22(20-31)12-15-25/h4-6,8-9,11-16,18-19H,3,17,21H2,1-2H3,(H,32,35).